The molecule has 0 spiro atoms. The molecule has 1 amide bonds. The Hall–Kier alpha value is -3.58. The average molecular weight is 368 g/mol. The quantitative estimate of drug-likeness (QED) is 0.605. The van der Waals surface area contributed by atoms with Crippen LogP contribution < -0.4 is 4.74 Å². The van der Waals surface area contributed by atoms with Crippen LogP contribution in [0.15, 0.2) is 84.9 Å². The van der Waals surface area contributed by atoms with Crippen molar-refractivity contribution < 1.29 is 9.53 Å². The summed E-state index contributed by atoms with van der Waals surface area (Å²) in [5.41, 5.74) is 2.01. The van der Waals surface area contributed by atoms with E-state index in [0.717, 1.165) is 22.4 Å². The number of carbonyl (C=O) groups is 1. The number of β-lactam (4-membered cyclic amide) rings is 1. The molecule has 1 saturated heterocycles. The molecule has 4 nitrogen and oxygen atoms in total. The lowest BCUT2D eigenvalue weighted by Crippen LogP contribution is -2.59. The van der Waals surface area contributed by atoms with Crippen molar-refractivity contribution in [1.82, 2.24) is 4.90 Å². The van der Waals surface area contributed by atoms with Gasteiger partial charge in [0, 0.05) is 6.54 Å². The van der Waals surface area contributed by atoms with Crippen LogP contribution in [-0.4, -0.2) is 10.8 Å². The van der Waals surface area contributed by atoms with Crippen LogP contribution in [-0.2, 0) is 23.5 Å². The van der Waals surface area contributed by atoms with Crippen LogP contribution in [0.25, 0.3) is 0 Å². The summed E-state index contributed by atoms with van der Waals surface area (Å²) in [6.07, 6.45) is 0.209. The van der Waals surface area contributed by atoms with Gasteiger partial charge in [0.15, 0.2) is 5.54 Å². The number of hydrogen-bond donors (Lipinski definition) is 0. The number of nitriles is 1. The van der Waals surface area contributed by atoms with E-state index in [4.69, 9.17) is 4.74 Å². The summed E-state index contributed by atoms with van der Waals surface area (Å²) in [5.74, 6) is 0.732. The molecular formula is C24H20N2O2. The van der Waals surface area contributed by atoms with Gasteiger partial charge in [0.25, 0.3) is 0 Å². The van der Waals surface area contributed by atoms with Crippen molar-refractivity contribution in [3.63, 3.8) is 0 Å². The molecule has 138 valence electrons. The summed E-state index contributed by atoms with van der Waals surface area (Å²) in [5, 5.41) is 9.90. The van der Waals surface area contributed by atoms with Gasteiger partial charge in [-0.1, -0.05) is 72.8 Å². The molecule has 1 unspecified atom stereocenters. The molecule has 1 aliphatic rings. The molecule has 3 aromatic carbocycles. The smallest absolute Gasteiger partial charge is 0.228 e. The Balaban J connectivity index is 1.50. The molecule has 1 aliphatic heterocycles. The van der Waals surface area contributed by atoms with Gasteiger partial charge in [-0.25, -0.2) is 0 Å². The molecule has 0 radical (unpaired) electrons. The Labute approximate surface area is 164 Å². The molecule has 0 aromatic heterocycles. The molecule has 4 heteroatoms. The molecule has 0 aliphatic carbocycles. The number of carbonyl (C=O) groups excluding carboxylic acids is 1. The highest BCUT2D eigenvalue weighted by atomic mass is 16.5. The van der Waals surface area contributed by atoms with Gasteiger partial charge < -0.3 is 9.64 Å². The largest absolute Gasteiger partial charge is 0.489 e. The standard InChI is InChI=1S/C24H20N2O2/c25-18-24(15-23(27)26(24)16-19-7-3-1-4-8-19)21-11-13-22(14-12-21)28-17-20-9-5-2-6-10-20/h1-14H,15-17H2. The fraction of sp³-hybridized carbons (Fsp3) is 0.167. The van der Waals surface area contributed by atoms with Crippen LogP contribution in [0.2, 0.25) is 0 Å². The SMILES string of the molecule is N#CC1(c2ccc(OCc3ccccc3)cc2)CC(=O)N1Cc1ccccc1. The average Bonchev–Trinajstić information content (AvgIpc) is 2.76. The third-order valence-corrected chi connectivity index (χ3v) is 5.12. The minimum atomic E-state index is -0.912. The molecular weight excluding hydrogens is 348 g/mol. The highest BCUT2D eigenvalue weighted by Gasteiger charge is 2.52. The van der Waals surface area contributed by atoms with E-state index in [1.54, 1.807) is 4.90 Å². The van der Waals surface area contributed by atoms with E-state index in [0.29, 0.717) is 13.2 Å². The fourth-order valence-electron chi connectivity index (χ4n) is 3.51. The molecule has 4 rings (SSSR count). The van der Waals surface area contributed by atoms with Gasteiger partial charge in [-0.2, -0.15) is 5.26 Å². The van der Waals surface area contributed by atoms with Crippen LogP contribution >= 0.6 is 0 Å². The van der Waals surface area contributed by atoms with Gasteiger partial charge in [-0.15, -0.1) is 0 Å². The van der Waals surface area contributed by atoms with Gasteiger partial charge in [0.1, 0.15) is 12.4 Å². The maximum absolute atomic E-state index is 12.3. The van der Waals surface area contributed by atoms with Crippen molar-refractivity contribution in [3.05, 3.63) is 102 Å². The highest BCUT2D eigenvalue weighted by molar-refractivity contribution is 5.87. The molecule has 1 fully saturated rings. The first-order chi connectivity index (χ1) is 13.7. The monoisotopic (exact) mass is 368 g/mol. The van der Waals surface area contributed by atoms with Crippen LogP contribution in [0.1, 0.15) is 23.1 Å². The maximum atomic E-state index is 12.3. The summed E-state index contributed by atoms with van der Waals surface area (Å²) in [4.78, 5) is 13.9. The van der Waals surface area contributed by atoms with Crippen LogP contribution in [0.4, 0.5) is 0 Å². The van der Waals surface area contributed by atoms with Crippen molar-refractivity contribution in [2.75, 3.05) is 0 Å². The van der Waals surface area contributed by atoms with Crippen molar-refractivity contribution in [2.24, 2.45) is 0 Å². The van der Waals surface area contributed by atoms with Crippen molar-refractivity contribution in [1.29, 1.82) is 5.26 Å². The van der Waals surface area contributed by atoms with Gasteiger partial charge in [-0.05, 0) is 28.8 Å². The van der Waals surface area contributed by atoms with Gasteiger partial charge in [0.2, 0.25) is 5.91 Å². The Morgan fingerprint density at radius 1 is 0.893 bits per heavy atom. The van der Waals surface area contributed by atoms with Crippen LogP contribution in [0.3, 0.4) is 0 Å². The minimum absolute atomic E-state index is 0.00481. The second-order valence-electron chi connectivity index (χ2n) is 6.91. The third-order valence-electron chi connectivity index (χ3n) is 5.12. The molecule has 0 N–H and O–H groups in total. The van der Waals surface area contributed by atoms with E-state index in [-0.39, 0.29) is 12.3 Å². The van der Waals surface area contributed by atoms with Crippen molar-refractivity contribution >= 4 is 5.91 Å². The lowest BCUT2D eigenvalue weighted by molar-refractivity contribution is -0.153. The van der Waals surface area contributed by atoms with E-state index in [2.05, 4.69) is 6.07 Å². The number of rotatable bonds is 6. The zero-order valence-electron chi connectivity index (χ0n) is 15.4. The molecule has 1 heterocycles. The third kappa shape index (κ3) is 3.35. The molecule has 0 bridgehead atoms. The number of amides is 1. The molecule has 0 saturated carbocycles. The summed E-state index contributed by atoms with van der Waals surface area (Å²) in [6, 6.07) is 29.6. The number of ether oxygens (including phenoxy) is 1. The summed E-state index contributed by atoms with van der Waals surface area (Å²) in [6.45, 7) is 0.918. The Bertz CT molecular complexity index is 994. The lowest BCUT2D eigenvalue weighted by Gasteiger charge is -2.47. The Kier molecular flexibility index (Phi) is 4.82. The second-order valence-corrected chi connectivity index (χ2v) is 6.91. The van der Waals surface area contributed by atoms with Crippen LogP contribution in [0, 0.1) is 11.3 Å². The number of hydrogen-bond acceptors (Lipinski definition) is 3. The van der Waals surface area contributed by atoms with Gasteiger partial charge >= 0.3 is 0 Å². The molecule has 28 heavy (non-hydrogen) atoms. The minimum Gasteiger partial charge on any atom is -0.489 e. The predicted molar refractivity (Wildman–Crippen MR) is 106 cm³/mol. The normalized spacial score (nSPS) is 18.2. The van der Waals surface area contributed by atoms with E-state index in [9.17, 15) is 10.1 Å². The van der Waals surface area contributed by atoms with Gasteiger partial charge in [0.05, 0.1) is 12.5 Å². The first-order valence-corrected chi connectivity index (χ1v) is 9.24. The fourth-order valence-corrected chi connectivity index (χ4v) is 3.51. The summed E-state index contributed by atoms with van der Waals surface area (Å²) >= 11 is 0. The van der Waals surface area contributed by atoms with Crippen molar-refractivity contribution in [2.45, 2.75) is 25.1 Å². The summed E-state index contributed by atoms with van der Waals surface area (Å²) < 4.78 is 5.83. The van der Waals surface area contributed by atoms with Gasteiger partial charge in [-0.3, -0.25) is 4.79 Å². The highest BCUT2D eigenvalue weighted by Crippen LogP contribution is 2.42. The summed E-state index contributed by atoms with van der Waals surface area (Å²) in [7, 11) is 0. The van der Waals surface area contributed by atoms with Crippen LogP contribution in [0.5, 0.6) is 5.75 Å². The lowest BCUT2D eigenvalue weighted by atomic mass is 9.78. The second kappa shape index (κ2) is 7.58. The van der Waals surface area contributed by atoms with Crippen molar-refractivity contribution in [3.8, 4) is 11.8 Å². The molecule has 3 aromatic rings. The topological polar surface area (TPSA) is 53.3 Å². The number of likely N-dealkylation sites (tertiary alicyclic amines) is 1. The van der Waals surface area contributed by atoms with E-state index in [1.165, 1.54) is 0 Å². The van der Waals surface area contributed by atoms with E-state index in [1.807, 2.05) is 84.9 Å². The number of benzene rings is 3. The van der Waals surface area contributed by atoms with E-state index < -0.39 is 5.54 Å². The first-order valence-electron chi connectivity index (χ1n) is 9.24. The predicted octanol–water partition coefficient (Wildman–Crippen LogP) is 4.42. The van der Waals surface area contributed by atoms with E-state index >= 15 is 0 Å². The maximum Gasteiger partial charge on any atom is 0.228 e. The zero-order chi connectivity index (χ0) is 19.4. The Morgan fingerprint density at radius 2 is 1.50 bits per heavy atom. The first kappa shape index (κ1) is 17.8. The molecule has 1 atom stereocenters. The Morgan fingerprint density at radius 3 is 2.07 bits per heavy atom. The number of nitrogens with zero attached hydrogens (tertiary/aromatic N) is 2. The zero-order valence-corrected chi connectivity index (χ0v) is 15.4.